The van der Waals surface area contributed by atoms with E-state index < -0.39 is 0 Å². The Labute approximate surface area is 213 Å². The van der Waals surface area contributed by atoms with E-state index in [4.69, 9.17) is 0 Å². The van der Waals surface area contributed by atoms with Gasteiger partial charge in [-0.15, -0.1) is 10.2 Å². The minimum absolute atomic E-state index is 0.00662. The average molecular weight is 498 g/mol. The van der Waals surface area contributed by atoms with Crippen molar-refractivity contribution in [1.29, 1.82) is 0 Å². The summed E-state index contributed by atoms with van der Waals surface area (Å²) in [5.41, 5.74) is 4.64. The van der Waals surface area contributed by atoms with Crippen molar-refractivity contribution in [2.75, 3.05) is 12.8 Å². The summed E-state index contributed by atoms with van der Waals surface area (Å²) in [6.07, 6.45) is 0.990. The van der Waals surface area contributed by atoms with E-state index in [1.807, 2.05) is 66.9 Å². The van der Waals surface area contributed by atoms with E-state index >= 15 is 0 Å². The fourth-order valence-electron chi connectivity index (χ4n) is 4.28. The second kappa shape index (κ2) is 9.99. The number of amides is 1. The van der Waals surface area contributed by atoms with Crippen LogP contribution in [0.3, 0.4) is 0 Å². The molecule has 0 spiro atoms. The van der Waals surface area contributed by atoms with Gasteiger partial charge < -0.3 is 4.90 Å². The largest absolute Gasteiger partial charge is 0.341 e. The van der Waals surface area contributed by atoms with Crippen molar-refractivity contribution in [3.8, 4) is 5.69 Å². The van der Waals surface area contributed by atoms with Gasteiger partial charge in [0.05, 0.1) is 22.3 Å². The molecule has 7 nitrogen and oxygen atoms in total. The summed E-state index contributed by atoms with van der Waals surface area (Å²) in [6, 6.07) is 23.5. The van der Waals surface area contributed by atoms with E-state index in [1.165, 1.54) is 17.3 Å². The molecule has 5 aromatic rings. The normalized spacial score (nSPS) is 11.3. The third-order valence-electron chi connectivity index (χ3n) is 6.35. The molecule has 1 amide bonds. The summed E-state index contributed by atoms with van der Waals surface area (Å²) in [7, 11) is 1.81. The monoisotopic (exact) mass is 497 g/mol. The van der Waals surface area contributed by atoms with Crippen molar-refractivity contribution >= 4 is 34.3 Å². The van der Waals surface area contributed by atoms with Crippen LogP contribution in [0.1, 0.15) is 23.6 Å². The predicted molar refractivity (Wildman–Crippen MR) is 144 cm³/mol. The van der Waals surface area contributed by atoms with E-state index in [9.17, 15) is 9.59 Å². The molecule has 8 heteroatoms. The molecule has 0 aliphatic rings. The third kappa shape index (κ3) is 4.40. The van der Waals surface area contributed by atoms with Crippen LogP contribution in [0, 0.1) is 6.92 Å². The molecule has 0 aliphatic heterocycles. The van der Waals surface area contributed by atoms with E-state index in [0.717, 1.165) is 23.2 Å². The van der Waals surface area contributed by atoms with Gasteiger partial charge in [0.1, 0.15) is 0 Å². The summed E-state index contributed by atoms with van der Waals surface area (Å²) in [4.78, 5) is 28.2. The maximum absolute atomic E-state index is 13.5. The number of nitrogens with zero attached hydrogens (tertiary/aromatic N) is 5. The number of hydrogen-bond donors (Lipinski definition) is 0. The van der Waals surface area contributed by atoms with Crippen LogP contribution in [0.5, 0.6) is 0 Å². The Kier molecular flexibility index (Phi) is 6.61. The number of benzene rings is 3. The zero-order valence-corrected chi connectivity index (χ0v) is 21.3. The number of carbonyl (C=O) groups is 1. The minimum atomic E-state index is -0.152. The highest BCUT2D eigenvalue weighted by Crippen LogP contribution is 2.24. The molecule has 0 saturated carbocycles. The second-order valence-electron chi connectivity index (χ2n) is 8.77. The Morgan fingerprint density at radius 2 is 1.64 bits per heavy atom. The smallest absolute Gasteiger partial charge is 0.267 e. The second-order valence-corrected chi connectivity index (χ2v) is 9.71. The molecule has 2 heterocycles. The summed E-state index contributed by atoms with van der Waals surface area (Å²) in [6.45, 7) is 4.63. The molecular weight excluding hydrogens is 470 g/mol. The van der Waals surface area contributed by atoms with Crippen LogP contribution in [-0.2, 0) is 17.8 Å². The fraction of sp³-hybridized carbons (Fsp3) is 0.214. The number of aryl methyl sites for hydroxylation is 2. The lowest BCUT2D eigenvalue weighted by Gasteiger charge is -2.17. The first-order valence-electron chi connectivity index (χ1n) is 11.9. The molecule has 0 atom stereocenters. The zero-order chi connectivity index (χ0) is 25.2. The van der Waals surface area contributed by atoms with Crippen LogP contribution < -0.4 is 5.56 Å². The molecule has 0 unspecified atom stereocenters. The molecule has 2 aromatic heterocycles. The lowest BCUT2D eigenvalue weighted by atomic mass is 10.1. The number of carbonyl (C=O) groups excluding carboxylic acids is 1. The van der Waals surface area contributed by atoms with Gasteiger partial charge in [-0.05, 0) is 48.2 Å². The predicted octanol–water partition coefficient (Wildman–Crippen LogP) is 4.65. The first kappa shape index (κ1) is 23.8. The van der Waals surface area contributed by atoms with Crippen LogP contribution in [-0.4, -0.2) is 42.8 Å². The Balaban J connectivity index is 1.47. The van der Waals surface area contributed by atoms with Crippen LogP contribution in [0.2, 0.25) is 0 Å². The zero-order valence-electron chi connectivity index (χ0n) is 20.5. The maximum Gasteiger partial charge on any atom is 0.267 e. The Hall–Kier alpha value is -3.91. The SMILES string of the molecule is CCc1ccc(CN(C)C(=O)CSc2nnc3n(-c4ccccc4C)c(=O)c4ccccc4n23)cc1. The molecule has 0 radical (unpaired) electrons. The molecule has 3 aromatic carbocycles. The van der Waals surface area contributed by atoms with Crippen molar-refractivity contribution in [2.45, 2.75) is 32.0 Å². The number of fused-ring (bicyclic) bond motifs is 3. The molecule has 36 heavy (non-hydrogen) atoms. The van der Waals surface area contributed by atoms with Gasteiger partial charge in [-0.2, -0.15) is 0 Å². The van der Waals surface area contributed by atoms with Gasteiger partial charge in [-0.3, -0.25) is 14.0 Å². The number of para-hydroxylation sites is 2. The summed E-state index contributed by atoms with van der Waals surface area (Å²) < 4.78 is 3.47. The van der Waals surface area contributed by atoms with Gasteiger partial charge in [0.2, 0.25) is 11.7 Å². The number of rotatable bonds is 7. The van der Waals surface area contributed by atoms with E-state index in [2.05, 4.69) is 41.4 Å². The van der Waals surface area contributed by atoms with Crippen LogP contribution in [0.4, 0.5) is 0 Å². The molecule has 0 aliphatic carbocycles. The highest BCUT2D eigenvalue weighted by molar-refractivity contribution is 7.99. The molecule has 0 saturated heterocycles. The van der Waals surface area contributed by atoms with Gasteiger partial charge in [-0.25, -0.2) is 4.57 Å². The topological polar surface area (TPSA) is 72.5 Å². The van der Waals surface area contributed by atoms with Crippen molar-refractivity contribution in [3.63, 3.8) is 0 Å². The molecule has 0 fully saturated rings. The van der Waals surface area contributed by atoms with Crippen LogP contribution in [0.15, 0.2) is 82.7 Å². The van der Waals surface area contributed by atoms with Gasteiger partial charge in [0.25, 0.3) is 5.56 Å². The van der Waals surface area contributed by atoms with Gasteiger partial charge in [0.15, 0.2) is 5.16 Å². The number of thioether (sulfide) groups is 1. The first-order chi connectivity index (χ1) is 17.5. The van der Waals surface area contributed by atoms with Gasteiger partial charge in [0, 0.05) is 13.6 Å². The lowest BCUT2D eigenvalue weighted by molar-refractivity contribution is -0.127. The lowest BCUT2D eigenvalue weighted by Crippen LogP contribution is -2.28. The first-order valence-corrected chi connectivity index (χ1v) is 12.9. The molecule has 0 N–H and O–H groups in total. The third-order valence-corrected chi connectivity index (χ3v) is 7.27. The van der Waals surface area contributed by atoms with Crippen molar-refractivity contribution < 1.29 is 4.79 Å². The summed E-state index contributed by atoms with van der Waals surface area (Å²) in [5, 5.41) is 9.90. The number of hydrogen-bond acceptors (Lipinski definition) is 5. The Morgan fingerprint density at radius 3 is 2.39 bits per heavy atom. The Bertz CT molecular complexity index is 1620. The van der Waals surface area contributed by atoms with Crippen molar-refractivity contribution in [3.05, 3.63) is 99.8 Å². The van der Waals surface area contributed by atoms with E-state index in [-0.39, 0.29) is 17.2 Å². The molecule has 0 bridgehead atoms. The van der Waals surface area contributed by atoms with Crippen molar-refractivity contribution in [1.82, 2.24) is 24.1 Å². The summed E-state index contributed by atoms with van der Waals surface area (Å²) >= 11 is 1.32. The molecule has 5 rings (SSSR count). The number of aromatic nitrogens is 4. The van der Waals surface area contributed by atoms with Crippen molar-refractivity contribution in [2.24, 2.45) is 0 Å². The van der Waals surface area contributed by atoms with Crippen LogP contribution >= 0.6 is 11.8 Å². The van der Waals surface area contributed by atoms with Gasteiger partial charge >= 0.3 is 0 Å². The molecule has 182 valence electrons. The average Bonchev–Trinajstić information content (AvgIpc) is 3.32. The summed E-state index contributed by atoms with van der Waals surface area (Å²) in [5.74, 6) is 0.627. The minimum Gasteiger partial charge on any atom is -0.341 e. The highest BCUT2D eigenvalue weighted by atomic mass is 32.2. The molecular formula is C28H27N5O2S. The maximum atomic E-state index is 13.5. The van der Waals surface area contributed by atoms with E-state index in [0.29, 0.717) is 28.4 Å². The quantitative estimate of drug-likeness (QED) is 0.306. The highest BCUT2D eigenvalue weighted by Gasteiger charge is 2.20. The van der Waals surface area contributed by atoms with E-state index in [1.54, 1.807) is 9.47 Å². The standard InChI is InChI=1S/C28H27N5O2S/c1-4-20-13-15-21(16-14-20)17-31(3)25(34)18-36-28-30-29-27-32(23-11-7-5-9-19(23)2)26(35)22-10-6-8-12-24(22)33(27)28/h5-16H,4,17-18H2,1-3H3. The fourth-order valence-corrected chi connectivity index (χ4v) is 5.16. The van der Waals surface area contributed by atoms with Gasteiger partial charge in [-0.1, -0.05) is 73.3 Å². The van der Waals surface area contributed by atoms with Crippen LogP contribution in [0.25, 0.3) is 22.4 Å². The Morgan fingerprint density at radius 1 is 0.944 bits per heavy atom.